The number of hydrogen-bond donors (Lipinski definition) is 1. The number of aryl methyl sites for hydroxylation is 1. The SMILES string of the molecule is COc1cc(/C=N/c2nc(-c3ccc(C)cc3)c(-c3ccc([N+](=O)[O-])cc3)s2)ccc1O. The van der Waals surface area contributed by atoms with Crippen molar-refractivity contribution in [3.63, 3.8) is 0 Å². The van der Waals surface area contributed by atoms with Gasteiger partial charge in [-0.25, -0.2) is 9.98 Å². The van der Waals surface area contributed by atoms with E-state index in [1.807, 2.05) is 31.2 Å². The van der Waals surface area contributed by atoms with Crippen LogP contribution in [0.25, 0.3) is 21.7 Å². The van der Waals surface area contributed by atoms with Crippen molar-refractivity contribution in [1.82, 2.24) is 4.98 Å². The molecule has 0 aliphatic rings. The van der Waals surface area contributed by atoms with Crippen molar-refractivity contribution in [2.75, 3.05) is 7.11 Å². The molecule has 0 bridgehead atoms. The molecule has 0 saturated carbocycles. The molecule has 4 aromatic rings. The smallest absolute Gasteiger partial charge is 0.269 e. The van der Waals surface area contributed by atoms with Crippen LogP contribution in [-0.2, 0) is 0 Å². The average molecular weight is 446 g/mol. The average Bonchev–Trinajstić information content (AvgIpc) is 3.23. The van der Waals surface area contributed by atoms with Crippen LogP contribution >= 0.6 is 11.3 Å². The molecule has 1 aromatic heterocycles. The first kappa shape index (κ1) is 21.2. The van der Waals surface area contributed by atoms with Gasteiger partial charge in [-0.05, 0) is 48.4 Å². The number of aliphatic imine (C=N–C) groups is 1. The highest BCUT2D eigenvalue weighted by Crippen LogP contribution is 2.40. The highest BCUT2D eigenvalue weighted by atomic mass is 32.1. The number of aromatic hydroxyl groups is 1. The first-order chi connectivity index (χ1) is 15.4. The Kier molecular flexibility index (Phi) is 5.96. The van der Waals surface area contributed by atoms with Crippen molar-refractivity contribution in [3.05, 3.63) is 88.0 Å². The van der Waals surface area contributed by atoms with Crippen LogP contribution in [0.4, 0.5) is 10.8 Å². The molecule has 1 N–H and O–H groups in total. The third kappa shape index (κ3) is 4.50. The Morgan fingerprint density at radius 1 is 1.06 bits per heavy atom. The summed E-state index contributed by atoms with van der Waals surface area (Å²) in [5.74, 6) is 0.418. The van der Waals surface area contributed by atoms with Gasteiger partial charge >= 0.3 is 0 Å². The number of aromatic nitrogens is 1. The predicted octanol–water partition coefficient (Wildman–Crippen LogP) is 6.16. The Hall–Kier alpha value is -4.04. The lowest BCUT2D eigenvalue weighted by molar-refractivity contribution is -0.384. The van der Waals surface area contributed by atoms with E-state index in [2.05, 4.69) is 4.99 Å². The topological polar surface area (TPSA) is 97.9 Å². The lowest BCUT2D eigenvalue weighted by Gasteiger charge is -2.03. The van der Waals surface area contributed by atoms with E-state index in [1.165, 1.54) is 30.6 Å². The van der Waals surface area contributed by atoms with E-state index in [0.29, 0.717) is 10.9 Å². The summed E-state index contributed by atoms with van der Waals surface area (Å²) in [5, 5.41) is 21.3. The zero-order valence-corrected chi connectivity index (χ0v) is 18.2. The molecule has 1 heterocycles. The molecule has 0 atom stereocenters. The van der Waals surface area contributed by atoms with Crippen molar-refractivity contribution >= 4 is 28.4 Å². The molecular weight excluding hydrogens is 426 g/mol. The molecule has 0 spiro atoms. The molecule has 0 radical (unpaired) electrons. The number of methoxy groups -OCH3 is 1. The number of nitrogens with zero attached hydrogens (tertiary/aromatic N) is 3. The number of rotatable bonds is 6. The van der Waals surface area contributed by atoms with Crippen LogP contribution < -0.4 is 4.74 Å². The zero-order valence-electron chi connectivity index (χ0n) is 17.4. The van der Waals surface area contributed by atoms with Gasteiger partial charge in [-0.2, -0.15) is 0 Å². The predicted molar refractivity (Wildman–Crippen MR) is 126 cm³/mol. The monoisotopic (exact) mass is 445 g/mol. The standard InChI is InChI=1S/C24H19N3O4S/c1-15-3-6-17(7-4-15)22-23(18-8-10-19(11-9-18)27(29)30)32-24(26-22)25-14-16-5-12-20(28)21(13-16)31-2/h3-14,28H,1-2H3/b25-14+. The van der Waals surface area contributed by atoms with Gasteiger partial charge in [-0.1, -0.05) is 41.2 Å². The summed E-state index contributed by atoms with van der Waals surface area (Å²) in [6.45, 7) is 2.02. The minimum absolute atomic E-state index is 0.0367. The molecule has 0 unspecified atom stereocenters. The van der Waals surface area contributed by atoms with E-state index in [-0.39, 0.29) is 11.4 Å². The summed E-state index contributed by atoms with van der Waals surface area (Å²) in [5.41, 5.74) is 4.46. The molecule has 4 rings (SSSR count). The number of nitro benzene ring substituents is 1. The van der Waals surface area contributed by atoms with Crippen LogP contribution in [0.15, 0.2) is 71.7 Å². The van der Waals surface area contributed by atoms with Crippen molar-refractivity contribution in [2.24, 2.45) is 4.99 Å². The molecule has 3 aromatic carbocycles. The summed E-state index contributed by atoms with van der Waals surface area (Å²) in [6.07, 6.45) is 1.65. The normalized spacial score (nSPS) is 11.1. The summed E-state index contributed by atoms with van der Waals surface area (Å²) >= 11 is 1.40. The number of phenolic OH excluding ortho intramolecular Hbond substituents is 1. The van der Waals surface area contributed by atoms with Gasteiger partial charge in [0.25, 0.3) is 5.69 Å². The van der Waals surface area contributed by atoms with Crippen LogP contribution in [0.1, 0.15) is 11.1 Å². The Morgan fingerprint density at radius 2 is 1.75 bits per heavy atom. The Balaban J connectivity index is 1.75. The second-order valence-corrected chi connectivity index (χ2v) is 8.01. The largest absolute Gasteiger partial charge is 0.504 e. The van der Waals surface area contributed by atoms with Crippen LogP contribution in [-0.4, -0.2) is 28.3 Å². The quantitative estimate of drug-likeness (QED) is 0.218. The maximum Gasteiger partial charge on any atom is 0.269 e. The van der Waals surface area contributed by atoms with Crippen molar-refractivity contribution in [3.8, 4) is 33.2 Å². The minimum atomic E-state index is -0.418. The molecule has 7 nitrogen and oxygen atoms in total. The van der Waals surface area contributed by atoms with Crippen molar-refractivity contribution in [1.29, 1.82) is 0 Å². The summed E-state index contributed by atoms with van der Waals surface area (Å²) in [6, 6.07) is 19.4. The molecule has 0 aliphatic heterocycles. The molecule has 0 amide bonds. The summed E-state index contributed by atoms with van der Waals surface area (Å²) in [7, 11) is 1.49. The third-order valence-electron chi connectivity index (χ3n) is 4.81. The number of benzene rings is 3. The minimum Gasteiger partial charge on any atom is -0.504 e. The zero-order chi connectivity index (χ0) is 22.7. The van der Waals surface area contributed by atoms with Crippen LogP contribution in [0.2, 0.25) is 0 Å². The number of nitro groups is 1. The fraction of sp³-hybridized carbons (Fsp3) is 0.0833. The van der Waals surface area contributed by atoms with Crippen molar-refractivity contribution in [2.45, 2.75) is 6.92 Å². The number of ether oxygens (including phenoxy) is 1. The Labute approximate surface area is 188 Å². The van der Waals surface area contributed by atoms with Gasteiger partial charge < -0.3 is 9.84 Å². The number of non-ortho nitro benzene ring substituents is 1. The van der Waals surface area contributed by atoms with Crippen LogP contribution in [0.5, 0.6) is 11.5 Å². The van der Waals surface area contributed by atoms with Gasteiger partial charge in [0.15, 0.2) is 11.5 Å². The van der Waals surface area contributed by atoms with E-state index in [0.717, 1.165) is 32.8 Å². The van der Waals surface area contributed by atoms with Gasteiger partial charge in [0.2, 0.25) is 5.13 Å². The molecule has 160 valence electrons. The van der Waals surface area contributed by atoms with E-state index in [4.69, 9.17) is 9.72 Å². The van der Waals surface area contributed by atoms with Crippen LogP contribution in [0.3, 0.4) is 0 Å². The summed E-state index contributed by atoms with van der Waals surface area (Å²) < 4.78 is 5.14. The Morgan fingerprint density at radius 3 is 2.41 bits per heavy atom. The van der Waals surface area contributed by atoms with Gasteiger partial charge in [0.05, 0.1) is 22.6 Å². The highest BCUT2D eigenvalue weighted by Gasteiger charge is 2.16. The molecule has 0 saturated heterocycles. The van der Waals surface area contributed by atoms with Crippen molar-refractivity contribution < 1.29 is 14.8 Å². The molecule has 8 heteroatoms. The molecule has 32 heavy (non-hydrogen) atoms. The first-order valence-corrected chi connectivity index (χ1v) is 10.5. The van der Waals surface area contributed by atoms with Gasteiger partial charge in [-0.15, -0.1) is 0 Å². The fourth-order valence-electron chi connectivity index (χ4n) is 3.11. The Bertz CT molecular complexity index is 1300. The molecule has 0 aliphatic carbocycles. The van der Waals surface area contributed by atoms with Crippen LogP contribution in [0, 0.1) is 17.0 Å². The maximum atomic E-state index is 11.0. The van der Waals surface area contributed by atoms with Gasteiger partial charge in [-0.3, -0.25) is 10.1 Å². The summed E-state index contributed by atoms with van der Waals surface area (Å²) in [4.78, 5) is 20.7. The third-order valence-corrected chi connectivity index (χ3v) is 5.82. The number of thiazole rings is 1. The van der Waals surface area contributed by atoms with Gasteiger partial charge in [0, 0.05) is 23.9 Å². The highest BCUT2D eigenvalue weighted by molar-refractivity contribution is 7.19. The van der Waals surface area contributed by atoms with Gasteiger partial charge in [0.1, 0.15) is 0 Å². The number of phenols is 1. The van der Waals surface area contributed by atoms with E-state index >= 15 is 0 Å². The second kappa shape index (κ2) is 8.99. The molecular formula is C24H19N3O4S. The van der Waals surface area contributed by atoms with E-state index in [9.17, 15) is 15.2 Å². The van der Waals surface area contributed by atoms with E-state index < -0.39 is 4.92 Å². The molecule has 0 fully saturated rings. The fourth-order valence-corrected chi connectivity index (χ4v) is 4.04. The number of hydrogen-bond acceptors (Lipinski definition) is 7. The first-order valence-electron chi connectivity index (χ1n) is 9.68. The second-order valence-electron chi connectivity index (χ2n) is 7.03. The van der Waals surface area contributed by atoms with E-state index in [1.54, 1.807) is 36.5 Å². The lowest BCUT2D eigenvalue weighted by atomic mass is 10.1. The lowest BCUT2D eigenvalue weighted by Crippen LogP contribution is -1.87. The maximum absolute atomic E-state index is 11.0.